The van der Waals surface area contributed by atoms with E-state index in [2.05, 4.69) is 44.1 Å². The molecule has 0 spiro atoms. The number of nitrogens with zero attached hydrogens (tertiary/aromatic N) is 2. The van der Waals surface area contributed by atoms with Gasteiger partial charge >= 0.3 is 0 Å². The van der Waals surface area contributed by atoms with Crippen LogP contribution in [0.4, 0.5) is 0 Å². The largest absolute Gasteiger partial charge is 0.241 e. The third kappa shape index (κ3) is 1.31. The lowest BCUT2D eigenvalue weighted by molar-refractivity contribution is 0.568. The number of fused-ring (bicyclic) bond motifs is 2. The summed E-state index contributed by atoms with van der Waals surface area (Å²) in [6.07, 6.45) is 8.96. The first kappa shape index (κ1) is 8.60. The van der Waals surface area contributed by atoms with Gasteiger partial charge in [0.05, 0.1) is 0 Å². The maximum atomic E-state index is 4.37. The SMILES string of the molecule is Brc1cc([C@@H]2C[C@H]3C=C[C@H]2C3)ncn1. The van der Waals surface area contributed by atoms with Gasteiger partial charge in [0.25, 0.3) is 0 Å². The smallest absolute Gasteiger partial charge is 0.116 e. The Labute approximate surface area is 91.6 Å². The van der Waals surface area contributed by atoms with Crippen molar-refractivity contribution in [2.75, 3.05) is 0 Å². The van der Waals surface area contributed by atoms with Crippen molar-refractivity contribution in [2.24, 2.45) is 11.8 Å². The number of halogens is 1. The summed E-state index contributed by atoms with van der Waals surface area (Å²) in [5, 5.41) is 0. The normalized spacial score (nSPS) is 33.9. The number of allylic oxidation sites excluding steroid dienone is 2. The molecule has 2 bridgehead atoms. The Hall–Kier alpha value is -0.700. The van der Waals surface area contributed by atoms with E-state index < -0.39 is 0 Å². The van der Waals surface area contributed by atoms with E-state index in [0.717, 1.165) is 16.4 Å². The summed E-state index contributed by atoms with van der Waals surface area (Å²) < 4.78 is 0.897. The Balaban J connectivity index is 1.93. The van der Waals surface area contributed by atoms with E-state index in [0.29, 0.717) is 5.92 Å². The molecule has 1 saturated carbocycles. The topological polar surface area (TPSA) is 25.8 Å². The van der Waals surface area contributed by atoms with Crippen molar-refractivity contribution in [3.05, 3.63) is 34.8 Å². The van der Waals surface area contributed by atoms with E-state index >= 15 is 0 Å². The molecule has 72 valence electrons. The number of rotatable bonds is 1. The van der Waals surface area contributed by atoms with E-state index in [1.807, 2.05) is 0 Å². The molecule has 2 nitrogen and oxygen atoms in total. The summed E-state index contributed by atoms with van der Waals surface area (Å²) in [5.41, 5.74) is 1.20. The average molecular weight is 251 g/mol. The standard InChI is InChI=1S/C11H11BrN2/c12-11-5-10(13-6-14-11)9-4-7-1-2-8(9)3-7/h1-2,5-9H,3-4H2/t7-,8-,9+/m0/s1. The second-order valence-corrected chi connectivity index (χ2v) is 4.96. The third-order valence-electron chi connectivity index (χ3n) is 3.31. The van der Waals surface area contributed by atoms with Crippen molar-refractivity contribution in [3.63, 3.8) is 0 Å². The molecule has 0 saturated heterocycles. The van der Waals surface area contributed by atoms with Gasteiger partial charge in [-0.05, 0) is 46.7 Å². The molecule has 0 unspecified atom stereocenters. The highest BCUT2D eigenvalue weighted by Crippen LogP contribution is 2.48. The summed E-state index contributed by atoms with van der Waals surface area (Å²) in [6.45, 7) is 0. The first-order valence-electron chi connectivity index (χ1n) is 4.98. The van der Waals surface area contributed by atoms with E-state index in [1.165, 1.54) is 18.5 Å². The van der Waals surface area contributed by atoms with E-state index in [4.69, 9.17) is 0 Å². The zero-order valence-electron chi connectivity index (χ0n) is 7.73. The molecule has 0 N–H and O–H groups in total. The molecule has 1 aromatic rings. The van der Waals surface area contributed by atoms with Crippen molar-refractivity contribution in [1.29, 1.82) is 0 Å². The monoisotopic (exact) mass is 250 g/mol. The minimum absolute atomic E-state index is 0.629. The highest BCUT2D eigenvalue weighted by Gasteiger charge is 2.37. The van der Waals surface area contributed by atoms with Crippen molar-refractivity contribution in [2.45, 2.75) is 18.8 Å². The molecule has 3 rings (SSSR count). The minimum Gasteiger partial charge on any atom is -0.241 e. The fraction of sp³-hybridized carbons (Fsp3) is 0.455. The Bertz CT molecular complexity index is 389. The van der Waals surface area contributed by atoms with E-state index in [9.17, 15) is 0 Å². The zero-order valence-corrected chi connectivity index (χ0v) is 9.31. The maximum Gasteiger partial charge on any atom is 0.116 e. The quantitative estimate of drug-likeness (QED) is 0.566. The molecule has 1 aromatic heterocycles. The van der Waals surface area contributed by atoms with Gasteiger partial charge in [0.1, 0.15) is 10.9 Å². The van der Waals surface area contributed by atoms with Crippen LogP contribution in [0.3, 0.4) is 0 Å². The van der Waals surface area contributed by atoms with Crippen molar-refractivity contribution >= 4 is 15.9 Å². The number of hydrogen-bond donors (Lipinski definition) is 0. The van der Waals surface area contributed by atoms with Gasteiger partial charge in [0.2, 0.25) is 0 Å². The van der Waals surface area contributed by atoms with Gasteiger partial charge in [-0.15, -0.1) is 0 Å². The van der Waals surface area contributed by atoms with Crippen LogP contribution in [0.1, 0.15) is 24.5 Å². The van der Waals surface area contributed by atoms with Crippen LogP contribution in [-0.2, 0) is 0 Å². The van der Waals surface area contributed by atoms with Gasteiger partial charge in [-0.3, -0.25) is 0 Å². The van der Waals surface area contributed by atoms with Gasteiger partial charge in [0.15, 0.2) is 0 Å². The van der Waals surface area contributed by atoms with Gasteiger partial charge in [-0.2, -0.15) is 0 Å². The average Bonchev–Trinajstić information content (AvgIpc) is 2.78. The fourth-order valence-corrected chi connectivity index (χ4v) is 3.00. The molecule has 2 aliphatic carbocycles. The molecule has 3 atom stereocenters. The molecule has 0 amide bonds. The highest BCUT2D eigenvalue weighted by atomic mass is 79.9. The summed E-state index contributed by atoms with van der Waals surface area (Å²) in [4.78, 5) is 8.43. The molecule has 14 heavy (non-hydrogen) atoms. The fourth-order valence-electron chi connectivity index (χ4n) is 2.67. The molecule has 1 heterocycles. The third-order valence-corrected chi connectivity index (χ3v) is 3.75. The van der Waals surface area contributed by atoms with Crippen LogP contribution in [0.15, 0.2) is 29.1 Å². The number of hydrogen-bond acceptors (Lipinski definition) is 2. The molecule has 0 radical (unpaired) electrons. The second kappa shape index (κ2) is 3.16. The van der Waals surface area contributed by atoms with Crippen LogP contribution in [0.2, 0.25) is 0 Å². The van der Waals surface area contributed by atoms with Crippen LogP contribution in [0.25, 0.3) is 0 Å². The molecule has 0 aliphatic heterocycles. The Morgan fingerprint density at radius 3 is 2.79 bits per heavy atom. The Kier molecular flexibility index (Phi) is 1.94. The lowest BCUT2D eigenvalue weighted by atomic mass is 9.90. The Morgan fingerprint density at radius 1 is 1.21 bits per heavy atom. The molecular weight excluding hydrogens is 240 g/mol. The second-order valence-electron chi connectivity index (χ2n) is 4.15. The van der Waals surface area contributed by atoms with Gasteiger partial charge in [-0.1, -0.05) is 12.2 Å². The lowest BCUT2D eigenvalue weighted by Crippen LogP contribution is -2.07. The van der Waals surface area contributed by atoms with Crippen molar-refractivity contribution < 1.29 is 0 Å². The Morgan fingerprint density at radius 2 is 2.14 bits per heavy atom. The van der Waals surface area contributed by atoms with Crippen LogP contribution in [0, 0.1) is 11.8 Å². The zero-order chi connectivity index (χ0) is 9.54. The molecule has 1 fully saturated rings. The van der Waals surface area contributed by atoms with Crippen LogP contribution < -0.4 is 0 Å². The molecule has 3 heteroatoms. The molecule has 2 aliphatic rings. The first-order chi connectivity index (χ1) is 6.83. The van der Waals surface area contributed by atoms with Crippen molar-refractivity contribution in [3.8, 4) is 0 Å². The summed E-state index contributed by atoms with van der Waals surface area (Å²) in [7, 11) is 0. The van der Waals surface area contributed by atoms with E-state index in [1.54, 1.807) is 6.33 Å². The number of aromatic nitrogens is 2. The van der Waals surface area contributed by atoms with Crippen LogP contribution in [-0.4, -0.2) is 9.97 Å². The van der Waals surface area contributed by atoms with Crippen molar-refractivity contribution in [1.82, 2.24) is 9.97 Å². The molecular formula is C11H11BrN2. The van der Waals surface area contributed by atoms with Crippen LogP contribution in [0.5, 0.6) is 0 Å². The minimum atomic E-state index is 0.629. The first-order valence-corrected chi connectivity index (χ1v) is 5.78. The van der Waals surface area contributed by atoms with Gasteiger partial charge < -0.3 is 0 Å². The van der Waals surface area contributed by atoms with Gasteiger partial charge in [0, 0.05) is 11.6 Å². The maximum absolute atomic E-state index is 4.37. The summed E-state index contributed by atoms with van der Waals surface area (Å²) in [6, 6.07) is 2.05. The molecule has 0 aromatic carbocycles. The summed E-state index contributed by atoms with van der Waals surface area (Å²) >= 11 is 3.39. The summed E-state index contributed by atoms with van der Waals surface area (Å²) in [5.74, 6) is 2.16. The van der Waals surface area contributed by atoms with Crippen LogP contribution >= 0.6 is 15.9 Å². The van der Waals surface area contributed by atoms with Gasteiger partial charge in [-0.25, -0.2) is 9.97 Å². The lowest BCUT2D eigenvalue weighted by Gasteiger charge is -2.16. The van der Waals surface area contributed by atoms with E-state index in [-0.39, 0.29) is 0 Å². The predicted molar refractivity (Wildman–Crippen MR) is 57.8 cm³/mol. The highest BCUT2D eigenvalue weighted by molar-refractivity contribution is 9.10. The predicted octanol–water partition coefficient (Wildman–Crippen LogP) is 2.92.